The fourth-order valence-corrected chi connectivity index (χ4v) is 3.78. The van der Waals surface area contributed by atoms with Gasteiger partial charge in [0.05, 0.1) is 6.54 Å². The molecule has 0 unspecified atom stereocenters. The van der Waals surface area contributed by atoms with Crippen LogP contribution in [0.15, 0.2) is 35.3 Å². The lowest BCUT2D eigenvalue weighted by Crippen LogP contribution is -2.47. The SMILES string of the molecule is CN=C(NCCN(C)CCCOC)NCC(=O)N1CCC(Cc2ccccc2)CC1.I. The second-order valence-corrected chi connectivity index (χ2v) is 8.02. The van der Waals surface area contributed by atoms with Crippen LogP contribution in [0.2, 0.25) is 0 Å². The molecule has 1 heterocycles. The summed E-state index contributed by atoms with van der Waals surface area (Å²) < 4.78 is 5.08. The van der Waals surface area contributed by atoms with E-state index in [1.807, 2.05) is 4.90 Å². The number of carbonyl (C=O) groups is 1. The molecule has 31 heavy (non-hydrogen) atoms. The molecule has 176 valence electrons. The van der Waals surface area contributed by atoms with Crippen molar-refractivity contribution in [2.45, 2.75) is 25.7 Å². The molecule has 0 spiro atoms. The zero-order chi connectivity index (χ0) is 21.6. The number of benzene rings is 1. The van der Waals surface area contributed by atoms with Crippen LogP contribution in [0.5, 0.6) is 0 Å². The quantitative estimate of drug-likeness (QED) is 0.193. The summed E-state index contributed by atoms with van der Waals surface area (Å²) >= 11 is 0. The van der Waals surface area contributed by atoms with E-state index in [9.17, 15) is 4.79 Å². The molecule has 1 amide bonds. The van der Waals surface area contributed by atoms with Gasteiger partial charge in [-0.3, -0.25) is 9.79 Å². The number of guanidine groups is 1. The van der Waals surface area contributed by atoms with Gasteiger partial charge >= 0.3 is 0 Å². The normalized spacial score (nSPS) is 15.0. The van der Waals surface area contributed by atoms with Crippen molar-refractivity contribution in [1.29, 1.82) is 0 Å². The first kappa shape index (κ1) is 27.6. The molecule has 1 aliphatic rings. The Hall–Kier alpha value is -1.39. The third-order valence-electron chi connectivity index (χ3n) is 5.64. The van der Waals surface area contributed by atoms with E-state index in [0.717, 1.165) is 65.0 Å². The Morgan fingerprint density at radius 3 is 2.55 bits per heavy atom. The number of amides is 1. The van der Waals surface area contributed by atoms with E-state index in [4.69, 9.17) is 4.74 Å². The molecule has 0 atom stereocenters. The van der Waals surface area contributed by atoms with Crippen molar-refractivity contribution in [2.24, 2.45) is 10.9 Å². The highest BCUT2D eigenvalue weighted by molar-refractivity contribution is 14.0. The van der Waals surface area contributed by atoms with Crippen LogP contribution in [0, 0.1) is 5.92 Å². The molecular formula is C23H40IN5O2. The molecule has 2 N–H and O–H groups in total. The van der Waals surface area contributed by atoms with Crippen LogP contribution in [-0.4, -0.2) is 88.7 Å². The number of rotatable bonds is 11. The minimum atomic E-state index is 0. The van der Waals surface area contributed by atoms with E-state index < -0.39 is 0 Å². The van der Waals surface area contributed by atoms with Crippen LogP contribution in [0.25, 0.3) is 0 Å². The Bertz CT molecular complexity index is 636. The van der Waals surface area contributed by atoms with Gasteiger partial charge in [-0.2, -0.15) is 0 Å². The summed E-state index contributed by atoms with van der Waals surface area (Å²) in [5.74, 6) is 1.49. The summed E-state index contributed by atoms with van der Waals surface area (Å²) in [7, 11) is 5.56. The topological polar surface area (TPSA) is 69.2 Å². The van der Waals surface area contributed by atoms with E-state index in [1.54, 1.807) is 14.2 Å². The van der Waals surface area contributed by atoms with Gasteiger partial charge in [-0.25, -0.2) is 0 Å². The average Bonchev–Trinajstić information content (AvgIpc) is 2.77. The number of piperidine rings is 1. The monoisotopic (exact) mass is 545 g/mol. The summed E-state index contributed by atoms with van der Waals surface area (Å²) in [5, 5.41) is 6.43. The number of nitrogens with zero attached hydrogens (tertiary/aromatic N) is 3. The zero-order valence-electron chi connectivity index (χ0n) is 19.3. The predicted molar refractivity (Wildman–Crippen MR) is 138 cm³/mol. The lowest BCUT2D eigenvalue weighted by molar-refractivity contribution is -0.131. The summed E-state index contributed by atoms with van der Waals surface area (Å²) in [4.78, 5) is 21.0. The number of nitrogens with one attached hydrogen (secondary N) is 2. The van der Waals surface area contributed by atoms with Crippen LogP contribution in [0.3, 0.4) is 0 Å². The second-order valence-electron chi connectivity index (χ2n) is 8.02. The van der Waals surface area contributed by atoms with E-state index in [-0.39, 0.29) is 36.4 Å². The standard InChI is InChI=1S/C23H39N5O2.HI/c1-24-23(25-12-16-27(2)13-7-17-30-3)26-19-22(29)28-14-10-21(11-15-28)18-20-8-5-4-6-9-20;/h4-6,8-9,21H,7,10-19H2,1-3H3,(H2,24,25,26);1H. The number of aliphatic imine (C=N–C) groups is 1. The van der Waals surface area contributed by atoms with Gasteiger partial charge in [0.15, 0.2) is 5.96 Å². The molecule has 2 rings (SSSR count). The Kier molecular flexibility index (Phi) is 14.5. The van der Waals surface area contributed by atoms with Gasteiger partial charge in [-0.05, 0) is 44.2 Å². The maximum Gasteiger partial charge on any atom is 0.241 e. The Labute approximate surface area is 205 Å². The third-order valence-corrected chi connectivity index (χ3v) is 5.64. The lowest BCUT2D eigenvalue weighted by atomic mass is 9.90. The highest BCUT2D eigenvalue weighted by Gasteiger charge is 2.22. The van der Waals surface area contributed by atoms with Gasteiger partial charge in [0, 0.05) is 53.5 Å². The molecule has 1 aliphatic heterocycles. The smallest absolute Gasteiger partial charge is 0.241 e. The zero-order valence-corrected chi connectivity index (χ0v) is 21.6. The van der Waals surface area contributed by atoms with E-state index in [0.29, 0.717) is 11.9 Å². The number of hydrogen-bond acceptors (Lipinski definition) is 4. The van der Waals surface area contributed by atoms with Crippen molar-refractivity contribution in [3.63, 3.8) is 0 Å². The van der Waals surface area contributed by atoms with Crippen LogP contribution in [0.4, 0.5) is 0 Å². The summed E-state index contributed by atoms with van der Waals surface area (Å²) in [5.41, 5.74) is 1.39. The molecule has 7 nitrogen and oxygen atoms in total. The van der Waals surface area contributed by atoms with Crippen molar-refractivity contribution in [1.82, 2.24) is 20.4 Å². The molecule has 1 saturated heterocycles. The Morgan fingerprint density at radius 2 is 1.90 bits per heavy atom. The van der Waals surface area contributed by atoms with E-state index in [2.05, 4.69) is 57.9 Å². The van der Waals surface area contributed by atoms with Gasteiger partial charge in [0.2, 0.25) is 5.91 Å². The molecule has 1 fully saturated rings. The van der Waals surface area contributed by atoms with Crippen molar-refractivity contribution < 1.29 is 9.53 Å². The van der Waals surface area contributed by atoms with Crippen molar-refractivity contribution in [2.75, 3.05) is 67.1 Å². The van der Waals surface area contributed by atoms with Crippen LogP contribution in [0.1, 0.15) is 24.8 Å². The van der Waals surface area contributed by atoms with Crippen molar-refractivity contribution in [3.05, 3.63) is 35.9 Å². The Balaban J connectivity index is 0.00000480. The minimum absolute atomic E-state index is 0. The fourth-order valence-electron chi connectivity index (χ4n) is 3.78. The minimum Gasteiger partial charge on any atom is -0.385 e. The van der Waals surface area contributed by atoms with Gasteiger partial charge in [0.1, 0.15) is 0 Å². The van der Waals surface area contributed by atoms with Crippen LogP contribution in [-0.2, 0) is 16.0 Å². The van der Waals surface area contributed by atoms with E-state index in [1.165, 1.54) is 5.56 Å². The molecule has 0 aromatic heterocycles. The summed E-state index contributed by atoms with van der Waals surface area (Å²) in [6.07, 6.45) is 4.28. The van der Waals surface area contributed by atoms with Crippen LogP contribution >= 0.6 is 24.0 Å². The van der Waals surface area contributed by atoms with E-state index >= 15 is 0 Å². The van der Waals surface area contributed by atoms with Crippen molar-refractivity contribution >= 4 is 35.8 Å². The van der Waals surface area contributed by atoms with Gasteiger partial charge in [0.25, 0.3) is 0 Å². The number of ether oxygens (including phenoxy) is 1. The fraction of sp³-hybridized carbons (Fsp3) is 0.652. The number of likely N-dealkylation sites (N-methyl/N-ethyl adjacent to an activating group) is 1. The number of carbonyl (C=O) groups excluding carboxylic acids is 1. The first-order valence-electron chi connectivity index (χ1n) is 11.1. The van der Waals surface area contributed by atoms with Gasteiger partial charge < -0.3 is 25.2 Å². The maximum atomic E-state index is 12.6. The molecule has 0 bridgehead atoms. The summed E-state index contributed by atoms with van der Waals surface area (Å²) in [6.45, 7) is 5.45. The second kappa shape index (κ2) is 16.3. The molecule has 1 aromatic carbocycles. The molecular weight excluding hydrogens is 505 g/mol. The number of hydrogen-bond donors (Lipinski definition) is 2. The highest BCUT2D eigenvalue weighted by atomic mass is 127. The van der Waals surface area contributed by atoms with Crippen LogP contribution < -0.4 is 10.6 Å². The molecule has 1 aromatic rings. The molecule has 8 heteroatoms. The number of likely N-dealkylation sites (tertiary alicyclic amines) is 1. The number of methoxy groups -OCH3 is 1. The number of halogens is 1. The molecule has 0 aliphatic carbocycles. The highest BCUT2D eigenvalue weighted by Crippen LogP contribution is 2.21. The summed E-state index contributed by atoms with van der Waals surface area (Å²) in [6, 6.07) is 10.6. The Morgan fingerprint density at radius 1 is 1.19 bits per heavy atom. The van der Waals surface area contributed by atoms with Crippen molar-refractivity contribution in [3.8, 4) is 0 Å². The first-order chi connectivity index (χ1) is 14.6. The largest absolute Gasteiger partial charge is 0.385 e. The third kappa shape index (κ3) is 11.2. The molecule has 0 saturated carbocycles. The van der Waals surface area contributed by atoms with Gasteiger partial charge in [-0.15, -0.1) is 24.0 Å². The maximum absolute atomic E-state index is 12.6. The lowest BCUT2D eigenvalue weighted by Gasteiger charge is -2.32. The first-order valence-corrected chi connectivity index (χ1v) is 11.1. The average molecular weight is 546 g/mol. The molecule has 0 radical (unpaired) electrons. The predicted octanol–water partition coefficient (Wildman–Crippen LogP) is 2.22. The van der Waals surface area contributed by atoms with Gasteiger partial charge in [-0.1, -0.05) is 30.3 Å².